The first-order chi connectivity index (χ1) is 17.4. The molecule has 0 bridgehead atoms. The zero-order chi connectivity index (χ0) is 25.7. The summed E-state index contributed by atoms with van der Waals surface area (Å²) in [6, 6.07) is 14.4. The molecule has 1 saturated heterocycles. The Morgan fingerprint density at radius 1 is 1.11 bits per heavy atom. The average Bonchev–Trinajstić information content (AvgIpc) is 3.43. The van der Waals surface area contributed by atoms with E-state index in [4.69, 9.17) is 14.0 Å². The molecule has 0 spiro atoms. The van der Waals surface area contributed by atoms with Gasteiger partial charge in [0.25, 0.3) is 5.78 Å². The molecule has 3 aromatic rings. The number of aromatic nitrogens is 1. The number of hydrogen-bond acceptors (Lipinski definition) is 7. The molecule has 0 radical (unpaired) electrons. The van der Waals surface area contributed by atoms with Crippen LogP contribution in [0.2, 0.25) is 0 Å². The van der Waals surface area contributed by atoms with Crippen LogP contribution in [0.5, 0.6) is 11.5 Å². The SMILES string of the molecule is C=CCOc1ccc(C2/C(=C(\O)c3ccc(OCCCC)cc3)C(=O)C(=O)N2c2cc(C)on2)cc1. The minimum atomic E-state index is -0.913. The van der Waals surface area contributed by atoms with E-state index in [0.717, 1.165) is 12.8 Å². The van der Waals surface area contributed by atoms with Crippen molar-refractivity contribution in [2.24, 2.45) is 0 Å². The monoisotopic (exact) mass is 488 g/mol. The van der Waals surface area contributed by atoms with E-state index in [-0.39, 0.29) is 17.2 Å². The zero-order valence-corrected chi connectivity index (χ0v) is 20.3. The number of carbonyl (C=O) groups excluding carboxylic acids is 2. The summed E-state index contributed by atoms with van der Waals surface area (Å²) < 4.78 is 16.4. The van der Waals surface area contributed by atoms with E-state index in [1.165, 1.54) is 4.90 Å². The molecular formula is C28H28N2O6. The highest BCUT2D eigenvalue weighted by Gasteiger charge is 2.48. The van der Waals surface area contributed by atoms with Crippen molar-refractivity contribution in [3.63, 3.8) is 0 Å². The van der Waals surface area contributed by atoms with Gasteiger partial charge in [0.15, 0.2) is 5.82 Å². The number of hydrogen-bond donors (Lipinski definition) is 1. The first-order valence-electron chi connectivity index (χ1n) is 11.8. The second-order valence-electron chi connectivity index (χ2n) is 8.36. The Bertz CT molecular complexity index is 1270. The van der Waals surface area contributed by atoms with E-state index in [2.05, 4.69) is 18.7 Å². The summed E-state index contributed by atoms with van der Waals surface area (Å²) >= 11 is 0. The molecule has 1 aromatic heterocycles. The molecule has 186 valence electrons. The summed E-state index contributed by atoms with van der Waals surface area (Å²) in [6.07, 6.45) is 3.59. The summed E-state index contributed by atoms with van der Waals surface area (Å²) in [5.41, 5.74) is 0.949. The van der Waals surface area contributed by atoms with Crippen LogP contribution < -0.4 is 14.4 Å². The number of rotatable bonds is 10. The minimum Gasteiger partial charge on any atom is -0.507 e. The molecule has 2 heterocycles. The van der Waals surface area contributed by atoms with Gasteiger partial charge in [0.05, 0.1) is 18.2 Å². The van der Waals surface area contributed by atoms with Gasteiger partial charge in [-0.3, -0.25) is 14.5 Å². The highest BCUT2D eigenvalue weighted by atomic mass is 16.5. The van der Waals surface area contributed by atoms with Gasteiger partial charge in [0, 0.05) is 11.6 Å². The predicted molar refractivity (Wildman–Crippen MR) is 135 cm³/mol. The number of benzene rings is 2. The summed E-state index contributed by atoms with van der Waals surface area (Å²) in [4.78, 5) is 27.6. The molecule has 1 unspecified atom stereocenters. The highest BCUT2D eigenvalue weighted by molar-refractivity contribution is 6.51. The van der Waals surface area contributed by atoms with Gasteiger partial charge in [-0.1, -0.05) is 43.3 Å². The number of amides is 1. The van der Waals surface area contributed by atoms with Crippen LogP contribution in [0.3, 0.4) is 0 Å². The second-order valence-corrected chi connectivity index (χ2v) is 8.36. The topological polar surface area (TPSA) is 102 Å². The summed E-state index contributed by atoms with van der Waals surface area (Å²) in [5.74, 6) is 0.0300. The lowest BCUT2D eigenvalue weighted by molar-refractivity contribution is -0.132. The summed E-state index contributed by atoms with van der Waals surface area (Å²) in [7, 11) is 0. The summed E-state index contributed by atoms with van der Waals surface area (Å²) in [5, 5.41) is 15.2. The van der Waals surface area contributed by atoms with Crippen LogP contribution in [0.25, 0.3) is 5.76 Å². The van der Waals surface area contributed by atoms with Gasteiger partial charge >= 0.3 is 5.91 Å². The fourth-order valence-corrected chi connectivity index (χ4v) is 3.95. The van der Waals surface area contributed by atoms with Gasteiger partial charge in [0.2, 0.25) is 0 Å². The minimum absolute atomic E-state index is 0.0416. The lowest BCUT2D eigenvalue weighted by Gasteiger charge is -2.23. The molecule has 0 saturated carbocycles. The number of anilines is 1. The van der Waals surface area contributed by atoms with Crippen LogP contribution in [0.4, 0.5) is 5.82 Å². The number of ether oxygens (including phenoxy) is 2. The van der Waals surface area contributed by atoms with Crippen LogP contribution in [-0.4, -0.2) is 35.2 Å². The van der Waals surface area contributed by atoms with Gasteiger partial charge in [-0.25, -0.2) is 0 Å². The van der Waals surface area contributed by atoms with Crippen molar-refractivity contribution in [1.82, 2.24) is 5.16 Å². The number of aliphatic hydroxyl groups is 1. The Balaban J connectivity index is 1.76. The number of aryl methyl sites for hydroxylation is 1. The molecule has 1 atom stereocenters. The molecule has 8 heteroatoms. The lowest BCUT2D eigenvalue weighted by atomic mass is 9.95. The van der Waals surface area contributed by atoms with E-state index >= 15 is 0 Å². The predicted octanol–water partition coefficient (Wildman–Crippen LogP) is 5.35. The highest BCUT2D eigenvalue weighted by Crippen LogP contribution is 2.42. The van der Waals surface area contributed by atoms with E-state index in [0.29, 0.717) is 41.6 Å². The van der Waals surface area contributed by atoms with Crippen molar-refractivity contribution >= 4 is 23.3 Å². The maximum atomic E-state index is 13.2. The van der Waals surface area contributed by atoms with Gasteiger partial charge < -0.3 is 19.1 Å². The Labute approximate surface area is 209 Å². The van der Waals surface area contributed by atoms with Crippen molar-refractivity contribution in [1.29, 1.82) is 0 Å². The third-order valence-corrected chi connectivity index (χ3v) is 5.76. The first-order valence-corrected chi connectivity index (χ1v) is 11.8. The number of aliphatic hydroxyl groups excluding tert-OH is 1. The van der Waals surface area contributed by atoms with Crippen LogP contribution >= 0.6 is 0 Å². The molecule has 36 heavy (non-hydrogen) atoms. The molecule has 1 aliphatic heterocycles. The van der Waals surface area contributed by atoms with Crippen molar-refractivity contribution in [3.05, 3.63) is 89.7 Å². The van der Waals surface area contributed by atoms with Gasteiger partial charge in [-0.15, -0.1) is 0 Å². The maximum absolute atomic E-state index is 13.2. The molecular weight excluding hydrogens is 460 g/mol. The van der Waals surface area contributed by atoms with E-state index in [9.17, 15) is 14.7 Å². The fraction of sp³-hybridized carbons (Fsp3) is 0.250. The maximum Gasteiger partial charge on any atom is 0.301 e. The van der Waals surface area contributed by atoms with Crippen molar-refractivity contribution in [2.45, 2.75) is 32.7 Å². The summed E-state index contributed by atoms with van der Waals surface area (Å²) in [6.45, 7) is 8.35. The van der Waals surface area contributed by atoms with E-state index in [1.54, 1.807) is 67.6 Å². The Kier molecular flexibility index (Phi) is 7.53. The molecule has 1 fully saturated rings. The van der Waals surface area contributed by atoms with Crippen LogP contribution in [0.15, 0.2) is 77.3 Å². The fourth-order valence-electron chi connectivity index (χ4n) is 3.95. The molecule has 1 aliphatic rings. The Hall–Kier alpha value is -4.33. The number of carbonyl (C=O) groups is 2. The molecule has 1 N–H and O–H groups in total. The molecule has 8 nitrogen and oxygen atoms in total. The molecule has 1 amide bonds. The van der Waals surface area contributed by atoms with Crippen LogP contribution in [0.1, 0.15) is 42.7 Å². The van der Waals surface area contributed by atoms with E-state index < -0.39 is 17.7 Å². The van der Waals surface area contributed by atoms with Crippen molar-refractivity contribution in [3.8, 4) is 11.5 Å². The van der Waals surface area contributed by atoms with Gasteiger partial charge in [0.1, 0.15) is 29.6 Å². The first kappa shape index (κ1) is 24.8. The number of nitrogens with zero attached hydrogens (tertiary/aromatic N) is 2. The lowest BCUT2D eigenvalue weighted by Crippen LogP contribution is -2.29. The van der Waals surface area contributed by atoms with Gasteiger partial charge in [-0.05, 0) is 55.3 Å². The average molecular weight is 489 g/mol. The number of unbranched alkanes of at least 4 members (excludes halogenated alkanes) is 1. The number of Topliss-reactive ketones (excluding diaryl/α,β-unsaturated/α-hetero) is 1. The normalized spacial score (nSPS) is 16.8. The Morgan fingerprint density at radius 2 is 1.78 bits per heavy atom. The Morgan fingerprint density at radius 3 is 2.39 bits per heavy atom. The van der Waals surface area contributed by atoms with Crippen LogP contribution in [-0.2, 0) is 9.59 Å². The van der Waals surface area contributed by atoms with Crippen LogP contribution in [0, 0.1) is 6.92 Å². The standard InChI is InChI=1S/C28H28N2O6/c1-4-6-16-35-22-13-9-20(10-14-22)26(31)24-25(19-7-11-21(12-8-19)34-15-5-2)30(28(33)27(24)32)23-17-18(3)36-29-23/h5,7-14,17,25,31H,2,4,6,15-16H2,1,3H3/b26-24+. The number of ketones is 1. The third-order valence-electron chi connectivity index (χ3n) is 5.76. The zero-order valence-electron chi connectivity index (χ0n) is 20.3. The second kappa shape index (κ2) is 10.9. The van der Waals surface area contributed by atoms with Crippen molar-refractivity contribution < 1.29 is 28.7 Å². The van der Waals surface area contributed by atoms with E-state index in [1.807, 2.05) is 0 Å². The quantitative estimate of drug-likeness (QED) is 0.135. The molecule has 4 rings (SSSR count). The van der Waals surface area contributed by atoms with Gasteiger partial charge in [-0.2, -0.15) is 0 Å². The third kappa shape index (κ3) is 5.02. The molecule has 2 aromatic carbocycles. The largest absolute Gasteiger partial charge is 0.507 e. The molecule has 0 aliphatic carbocycles. The smallest absolute Gasteiger partial charge is 0.301 e. The van der Waals surface area contributed by atoms with Crippen molar-refractivity contribution in [2.75, 3.05) is 18.1 Å².